The average Bonchev–Trinajstić information content (AvgIpc) is 2.64. The monoisotopic (exact) mass is 382 g/mol. The van der Waals surface area contributed by atoms with E-state index < -0.39 is 11.4 Å². The SMILES string of the molecule is CCCCCCCCCCCCCCCCCC(C)(C)C(=O)CC(=O)OC. The van der Waals surface area contributed by atoms with Gasteiger partial charge in [-0.25, -0.2) is 0 Å². The van der Waals surface area contributed by atoms with E-state index in [9.17, 15) is 9.59 Å². The van der Waals surface area contributed by atoms with Crippen LogP contribution in [0.25, 0.3) is 0 Å². The van der Waals surface area contributed by atoms with E-state index in [1.54, 1.807) is 0 Å². The molecule has 3 nitrogen and oxygen atoms in total. The quantitative estimate of drug-likeness (QED) is 0.133. The van der Waals surface area contributed by atoms with Crippen LogP contribution < -0.4 is 0 Å². The van der Waals surface area contributed by atoms with Gasteiger partial charge in [0.25, 0.3) is 0 Å². The average molecular weight is 383 g/mol. The van der Waals surface area contributed by atoms with E-state index in [4.69, 9.17) is 0 Å². The van der Waals surface area contributed by atoms with Crippen LogP contribution in [-0.4, -0.2) is 18.9 Å². The van der Waals surface area contributed by atoms with Crippen molar-refractivity contribution in [1.29, 1.82) is 0 Å². The highest BCUT2D eigenvalue weighted by molar-refractivity contribution is 5.98. The van der Waals surface area contributed by atoms with Crippen molar-refractivity contribution in [2.45, 2.75) is 130 Å². The lowest BCUT2D eigenvalue weighted by molar-refractivity contribution is -0.145. The minimum atomic E-state index is -0.426. The Morgan fingerprint density at radius 1 is 0.667 bits per heavy atom. The van der Waals surface area contributed by atoms with Crippen molar-refractivity contribution in [1.82, 2.24) is 0 Å². The Bertz CT molecular complexity index is 374. The van der Waals surface area contributed by atoms with Crippen molar-refractivity contribution in [2.24, 2.45) is 5.41 Å². The molecule has 3 heteroatoms. The summed E-state index contributed by atoms with van der Waals surface area (Å²) in [6.45, 7) is 6.17. The molecule has 0 fully saturated rings. The molecular formula is C24H46O3. The Kier molecular flexibility index (Phi) is 16.7. The number of carbonyl (C=O) groups is 2. The summed E-state index contributed by atoms with van der Waals surface area (Å²) in [4.78, 5) is 23.4. The fourth-order valence-corrected chi connectivity index (χ4v) is 3.52. The summed E-state index contributed by atoms with van der Waals surface area (Å²) in [5.74, 6) is -0.427. The van der Waals surface area contributed by atoms with Crippen molar-refractivity contribution in [3.63, 3.8) is 0 Å². The summed E-state index contributed by atoms with van der Waals surface area (Å²) in [5.41, 5.74) is -0.412. The number of hydrogen-bond acceptors (Lipinski definition) is 3. The number of esters is 1. The highest BCUT2D eigenvalue weighted by Crippen LogP contribution is 2.27. The third-order valence-electron chi connectivity index (χ3n) is 5.69. The summed E-state index contributed by atoms with van der Waals surface area (Å²) in [6.07, 6.45) is 21.0. The Hall–Kier alpha value is -0.860. The number of ether oxygens (including phenoxy) is 1. The van der Waals surface area contributed by atoms with Crippen LogP contribution >= 0.6 is 0 Å². The van der Waals surface area contributed by atoms with E-state index >= 15 is 0 Å². The van der Waals surface area contributed by atoms with Crippen molar-refractivity contribution >= 4 is 11.8 Å². The van der Waals surface area contributed by atoms with Crippen LogP contribution in [0.5, 0.6) is 0 Å². The standard InChI is InChI=1S/C24H46O3/c1-5-6-7-8-9-10-11-12-13-14-15-16-17-18-19-20-24(2,3)22(25)21-23(26)27-4/h5-21H2,1-4H3. The molecule has 0 saturated heterocycles. The van der Waals surface area contributed by atoms with Gasteiger partial charge >= 0.3 is 5.97 Å². The molecule has 0 amide bonds. The lowest BCUT2D eigenvalue weighted by Crippen LogP contribution is -2.26. The van der Waals surface area contributed by atoms with E-state index in [1.165, 1.54) is 97.0 Å². The van der Waals surface area contributed by atoms with Gasteiger partial charge in [0.1, 0.15) is 12.2 Å². The van der Waals surface area contributed by atoms with Gasteiger partial charge in [-0.05, 0) is 6.42 Å². The van der Waals surface area contributed by atoms with E-state index in [-0.39, 0.29) is 12.2 Å². The second-order valence-electron chi connectivity index (χ2n) is 8.76. The van der Waals surface area contributed by atoms with E-state index in [0.29, 0.717) is 0 Å². The Balaban J connectivity index is 3.42. The van der Waals surface area contributed by atoms with Gasteiger partial charge in [-0.3, -0.25) is 9.59 Å². The highest BCUT2D eigenvalue weighted by atomic mass is 16.5. The maximum absolute atomic E-state index is 12.1. The summed E-state index contributed by atoms with van der Waals surface area (Å²) in [5, 5.41) is 0. The van der Waals surface area contributed by atoms with Crippen LogP contribution in [0.2, 0.25) is 0 Å². The first-order chi connectivity index (χ1) is 12.9. The summed E-state index contributed by atoms with van der Waals surface area (Å²) < 4.78 is 4.59. The lowest BCUT2D eigenvalue weighted by atomic mass is 9.81. The zero-order chi connectivity index (χ0) is 20.4. The molecule has 0 radical (unpaired) electrons. The fourth-order valence-electron chi connectivity index (χ4n) is 3.52. The molecule has 0 aliphatic rings. The molecule has 0 aromatic heterocycles. The van der Waals surface area contributed by atoms with Crippen LogP contribution in [0.1, 0.15) is 130 Å². The smallest absolute Gasteiger partial charge is 0.313 e. The molecule has 0 aliphatic heterocycles. The topological polar surface area (TPSA) is 43.4 Å². The maximum atomic E-state index is 12.1. The predicted molar refractivity (Wildman–Crippen MR) is 115 cm³/mol. The van der Waals surface area contributed by atoms with Gasteiger partial charge in [-0.2, -0.15) is 0 Å². The molecule has 0 unspecified atom stereocenters. The van der Waals surface area contributed by atoms with Crippen molar-refractivity contribution < 1.29 is 14.3 Å². The third-order valence-corrected chi connectivity index (χ3v) is 5.69. The molecular weight excluding hydrogens is 336 g/mol. The molecule has 0 N–H and O–H groups in total. The second kappa shape index (κ2) is 17.3. The Labute approximate surface area is 169 Å². The van der Waals surface area contributed by atoms with Crippen molar-refractivity contribution in [2.75, 3.05) is 7.11 Å². The molecule has 0 spiro atoms. The second-order valence-corrected chi connectivity index (χ2v) is 8.76. The molecule has 0 aromatic rings. The number of ketones is 1. The van der Waals surface area contributed by atoms with Gasteiger partial charge in [0.05, 0.1) is 7.11 Å². The molecule has 0 bridgehead atoms. The van der Waals surface area contributed by atoms with Crippen LogP contribution in [0.4, 0.5) is 0 Å². The number of hydrogen-bond donors (Lipinski definition) is 0. The van der Waals surface area contributed by atoms with Gasteiger partial charge in [0.15, 0.2) is 0 Å². The molecule has 0 aliphatic carbocycles. The van der Waals surface area contributed by atoms with E-state index in [1.807, 2.05) is 13.8 Å². The fraction of sp³-hybridized carbons (Fsp3) is 0.917. The first-order valence-corrected chi connectivity index (χ1v) is 11.5. The molecule has 0 aromatic carbocycles. The molecule has 0 atom stereocenters. The molecule has 0 rings (SSSR count). The summed E-state index contributed by atoms with van der Waals surface area (Å²) >= 11 is 0. The van der Waals surface area contributed by atoms with E-state index in [0.717, 1.165) is 12.8 Å². The van der Waals surface area contributed by atoms with Crippen LogP contribution in [0.15, 0.2) is 0 Å². The van der Waals surface area contributed by atoms with Gasteiger partial charge in [-0.1, -0.05) is 117 Å². The number of Topliss-reactive ketones (excluding diaryl/α,β-unsaturated/α-hetero) is 1. The minimum Gasteiger partial charge on any atom is -0.469 e. The van der Waals surface area contributed by atoms with Crippen LogP contribution in [0, 0.1) is 5.41 Å². The number of methoxy groups -OCH3 is 1. The number of carbonyl (C=O) groups excluding carboxylic acids is 2. The summed E-state index contributed by atoms with van der Waals surface area (Å²) in [6, 6.07) is 0. The van der Waals surface area contributed by atoms with Crippen LogP contribution in [0.3, 0.4) is 0 Å². The lowest BCUT2D eigenvalue weighted by Gasteiger charge is -2.22. The van der Waals surface area contributed by atoms with Crippen LogP contribution in [-0.2, 0) is 14.3 Å². The maximum Gasteiger partial charge on any atom is 0.313 e. The van der Waals surface area contributed by atoms with Crippen molar-refractivity contribution in [3.8, 4) is 0 Å². The largest absolute Gasteiger partial charge is 0.469 e. The zero-order valence-corrected chi connectivity index (χ0v) is 18.7. The number of unbranched alkanes of at least 4 members (excludes halogenated alkanes) is 14. The molecule has 160 valence electrons. The minimum absolute atomic E-state index is 0.000265. The molecule has 0 saturated carbocycles. The van der Waals surface area contributed by atoms with Gasteiger partial charge in [0, 0.05) is 5.41 Å². The van der Waals surface area contributed by atoms with E-state index in [2.05, 4.69) is 11.7 Å². The Morgan fingerprint density at radius 2 is 1.04 bits per heavy atom. The van der Waals surface area contributed by atoms with Gasteiger partial charge < -0.3 is 4.74 Å². The van der Waals surface area contributed by atoms with Gasteiger partial charge in [-0.15, -0.1) is 0 Å². The Morgan fingerprint density at radius 3 is 1.41 bits per heavy atom. The predicted octanol–water partition coefficient (Wildman–Crippen LogP) is 7.41. The molecule has 27 heavy (non-hydrogen) atoms. The first-order valence-electron chi connectivity index (χ1n) is 11.5. The van der Waals surface area contributed by atoms with Gasteiger partial charge in [0.2, 0.25) is 0 Å². The normalized spacial score (nSPS) is 11.6. The number of rotatable bonds is 19. The third kappa shape index (κ3) is 15.9. The molecule has 0 heterocycles. The zero-order valence-electron chi connectivity index (χ0n) is 18.7. The summed E-state index contributed by atoms with van der Waals surface area (Å²) in [7, 11) is 1.33. The van der Waals surface area contributed by atoms with Crippen molar-refractivity contribution in [3.05, 3.63) is 0 Å². The highest BCUT2D eigenvalue weighted by Gasteiger charge is 2.28. The first kappa shape index (κ1) is 26.1.